The van der Waals surface area contributed by atoms with Crippen LogP contribution in [0.4, 0.5) is 4.39 Å². The first-order valence-electron chi connectivity index (χ1n) is 9.45. The van der Waals surface area contributed by atoms with Gasteiger partial charge in [-0.3, -0.25) is 4.79 Å². The third-order valence-corrected chi connectivity index (χ3v) is 4.92. The van der Waals surface area contributed by atoms with Gasteiger partial charge in [0.15, 0.2) is 0 Å². The van der Waals surface area contributed by atoms with Gasteiger partial charge in [0, 0.05) is 33.8 Å². The zero-order valence-corrected chi connectivity index (χ0v) is 16.2. The van der Waals surface area contributed by atoms with E-state index < -0.39 is 17.3 Å². The summed E-state index contributed by atoms with van der Waals surface area (Å²) in [4.78, 5) is 27.4. The highest BCUT2D eigenvalue weighted by atomic mass is 19.1. The van der Waals surface area contributed by atoms with E-state index in [1.165, 1.54) is 16.8 Å². The van der Waals surface area contributed by atoms with E-state index in [1.54, 1.807) is 48.5 Å². The average molecular weight is 406 g/mol. The van der Waals surface area contributed by atoms with Crippen LogP contribution in [0.3, 0.4) is 0 Å². The van der Waals surface area contributed by atoms with Gasteiger partial charge in [0.2, 0.25) is 0 Å². The molecule has 2 aromatic heterocycles. The maximum Gasteiger partial charge on any atom is 0.353 e. The number of hydrogen-bond donors (Lipinski definition) is 2. The largest absolute Gasteiger partial charge is 0.494 e. The third kappa shape index (κ3) is 3.34. The van der Waals surface area contributed by atoms with Crippen molar-refractivity contribution in [1.29, 1.82) is 0 Å². The Bertz CT molecular complexity index is 1310. The predicted octanol–water partition coefficient (Wildman–Crippen LogP) is 4.28. The summed E-state index contributed by atoms with van der Waals surface area (Å²) in [6, 6.07) is 14.6. The van der Waals surface area contributed by atoms with Crippen molar-refractivity contribution >= 4 is 16.9 Å². The van der Waals surface area contributed by atoms with E-state index in [0.29, 0.717) is 28.8 Å². The molecule has 7 heteroatoms. The first-order valence-corrected chi connectivity index (χ1v) is 9.45. The zero-order valence-electron chi connectivity index (χ0n) is 16.2. The molecule has 4 aromatic rings. The van der Waals surface area contributed by atoms with Crippen LogP contribution in [0.15, 0.2) is 65.6 Å². The zero-order chi connectivity index (χ0) is 21.3. The minimum absolute atomic E-state index is 0.00350. The van der Waals surface area contributed by atoms with Gasteiger partial charge in [-0.05, 0) is 43.3 Å². The topological polar surface area (TPSA) is 84.3 Å². The number of aromatic amines is 1. The van der Waals surface area contributed by atoms with Gasteiger partial charge >= 0.3 is 5.97 Å². The van der Waals surface area contributed by atoms with Gasteiger partial charge in [0.05, 0.1) is 13.2 Å². The van der Waals surface area contributed by atoms with Crippen LogP contribution < -0.4 is 10.3 Å². The molecule has 0 fully saturated rings. The van der Waals surface area contributed by atoms with Gasteiger partial charge in [-0.15, -0.1) is 0 Å². The van der Waals surface area contributed by atoms with Gasteiger partial charge in [-0.25, -0.2) is 9.18 Å². The Labute approximate surface area is 171 Å². The molecule has 0 aliphatic rings. The van der Waals surface area contributed by atoms with E-state index in [0.717, 1.165) is 0 Å². The summed E-state index contributed by atoms with van der Waals surface area (Å²) in [6.07, 6.45) is 1.48. The minimum Gasteiger partial charge on any atom is -0.494 e. The summed E-state index contributed by atoms with van der Waals surface area (Å²) in [5, 5.41) is 10.6. The van der Waals surface area contributed by atoms with Crippen molar-refractivity contribution in [3.63, 3.8) is 0 Å². The van der Waals surface area contributed by atoms with Gasteiger partial charge in [0.1, 0.15) is 17.3 Å². The maximum atomic E-state index is 14.3. The third-order valence-electron chi connectivity index (χ3n) is 4.92. The fourth-order valence-electron chi connectivity index (χ4n) is 3.66. The van der Waals surface area contributed by atoms with Crippen molar-refractivity contribution in [3.05, 3.63) is 88.2 Å². The molecule has 0 saturated carbocycles. The Hall–Kier alpha value is -3.87. The summed E-state index contributed by atoms with van der Waals surface area (Å²) < 4.78 is 21.4. The number of carboxylic acids is 1. The van der Waals surface area contributed by atoms with Gasteiger partial charge < -0.3 is 19.4 Å². The molecular formula is C23H19FN2O4. The molecule has 0 aliphatic carbocycles. The summed E-state index contributed by atoms with van der Waals surface area (Å²) in [7, 11) is 0. The second-order valence-electron chi connectivity index (χ2n) is 6.73. The Morgan fingerprint density at radius 2 is 1.97 bits per heavy atom. The number of hydrogen-bond acceptors (Lipinski definition) is 3. The van der Waals surface area contributed by atoms with Crippen LogP contribution in [0.1, 0.15) is 23.0 Å². The van der Waals surface area contributed by atoms with E-state index in [-0.39, 0.29) is 23.4 Å². The van der Waals surface area contributed by atoms with Gasteiger partial charge in [0.25, 0.3) is 5.56 Å². The summed E-state index contributed by atoms with van der Waals surface area (Å²) in [5.74, 6) is -1.09. The summed E-state index contributed by atoms with van der Waals surface area (Å²) in [6.45, 7) is 2.29. The Balaban J connectivity index is 2.07. The lowest BCUT2D eigenvalue weighted by Crippen LogP contribution is -2.14. The average Bonchev–Trinajstić information content (AvgIpc) is 3.04. The Morgan fingerprint density at radius 1 is 1.17 bits per heavy atom. The molecule has 0 atom stereocenters. The standard InChI is InChI=1S/C23H19FN2O4/c1-2-30-15-9-10-19-17(12-15)20(16-7-5-11-25-22(16)27)21(23(28)29)26(19)13-14-6-3-4-8-18(14)24/h3-12H,2,13H2,1H3,(H,25,27)(H,28,29). The molecular weight excluding hydrogens is 387 g/mol. The lowest BCUT2D eigenvalue weighted by Gasteiger charge is -2.10. The molecule has 2 N–H and O–H groups in total. The van der Waals surface area contributed by atoms with Crippen LogP contribution >= 0.6 is 0 Å². The van der Waals surface area contributed by atoms with E-state index in [4.69, 9.17) is 4.74 Å². The number of fused-ring (bicyclic) bond motifs is 1. The molecule has 4 rings (SSSR count). The number of benzene rings is 2. The number of ether oxygens (including phenoxy) is 1. The fraction of sp³-hybridized carbons (Fsp3) is 0.130. The first kappa shape index (κ1) is 19.4. The number of pyridine rings is 1. The number of nitrogens with one attached hydrogen (secondary N) is 1. The molecule has 0 radical (unpaired) electrons. The van der Waals surface area contributed by atoms with Crippen molar-refractivity contribution in [2.45, 2.75) is 13.5 Å². The number of carbonyl (C=O) groups is 1. The van der Waals surface area contributed by atoms with Crippen LogP contribution in [-0.2, 0) is 6.54 Å². The maximum absolute atomic E-state index is 14.3. The molecule has 6 nitrogen and oxygen atoms in total. The molecule has 2 heterocycles. The lowest BCUT2D eigenvalue weighted by atomic mass is 10.0. The predicted molar refractivity (Wildman–Crippen MR) is 112 cm³/mol. The van der Waals surface area contributed by atoms with Crippen LogP contribution in [0, 0.1) is 5.82 Å². The minimum atomic E-state index is -1.21. The fourth-order valence-corrected chi connectivity index (χ4v) is 3.66. The van der Waals surface area contributed by atoms with E-state index in [1.807, 2.05) is 6.92 Å². The molecule has 0 aliphatic heterocycles. The Morgan fingerprint density at radius 3 is 2.67 bits per heavy atom. The highest BCUT2D eigenvalue weighted by molar-refractivity contribution is 6.08. The molecule has 0 saturated heterocycles. The van der Waals surface area contributed by atoms with Crippen LogP contribution in [0.5, 0.6) is 5.75 Å². The second kappa shape index (κ2) is 7.87. The van der Waals surface area contributed by atoms with Crippen molar-refractivity contribution < 1.29 is 19.0 Å². The highest BCUT2D eigenvalue weighted by Crippen LogP contribution is 2.36. The lowest BCUT2D eigenvalue weighted by molar-refractivity contribution is 0.0687. The molecule has 30 heavy (non-hydrogen) atoms. The molecule has 2 aromatic carbocycles. The van der Waals surface area contributed by atoms with Crippen molar-refractivity contribution in [1.82, 2.24) is 9.55 Å². The quantitative estimate of drug-likeness (QED) is 0.501. The highest BCUT2D eigenvalue weighted by Gasteiger charge is 2.26. The molecule has 152 valence electrons. The number of halogens is 1. The summed E-state index contributed by atoms with van der Waals surface area (Å²) >= 11 is 0. The molecule has 0 unspecified atom stereocenters. The van der Waals surface area contributed by atoms with Crippen molar-refractivity contribution in [2.75, 3.05) is 6.61 Å². The normalized spacial score (nSPS) is 11.0. The number of aromatic carboxylic acids is 1. The number of aromatic nitrogens is 2. The number of H-pyrrole nitrogens is 1. The second-order valence-corrected chi connectivity index (χ2v) is 6.73. The smallest absolute Gasteiger partial charge is 0.353 e. The van der Waals surface area contributed by atoms with E-state index in [2.05, 4.69) is 4.98 Å². The van der Waals surface area contributed by atoms with Crippen molar-refractivity contribution in [2.24, 2.45) is 0 Å². The molecule has 0 spiro atoms. The summed E-state index contributed by atoms with van der Waals surface area (Å²) in [5.41, 5.74) is 0.917. The van der Waals surface area contributed by atoms with Crippen LogP contribution in [-0.4, -0.2) is 27.2 Å². The van der Waals surface area contributed by atoms with Gasteiger partial charge in [-0.1, -0.05) is 18.2 Å². The monoisotopic (exact) mass is 406 g/mol. The van der Waals surface area contributed by atoms with Crippen molar-refractivity contribution in [3.8, 4) is 16.9 Å². The molecule has 0 amide bonds. The van der Waals surface area contributed by atoms with Crippen LogP contribution in [0.25, 0.3) is 22.0 Å². The molecule has 0 bridgehead atoms. The number of rotatable bonds is 6. The van der Waals surface area contributed by atoms with E-state index in [9.17, 15) is 19.1 Å². The van der Waals surface area contributed by atoms with Crippen LogP contribution in [0.2, 0.25) is 0 Å². The van der Waals surface area contributed by atoms with E-state index >= 15 is 0 Å². The number of nitrogens with zero attached hydrogens (tertiary/aromatic N) is 1. The SMILES string of the molecule is CCOc1ccc2c(c1)c(-c1ccc[nH]c1=O)c(C(=O)O)n2Cc1ccccc1F. The number of carboxylic acid groups (broad SMARTS) is 1. The Kier molecular flexibility index (Phi) is 5.10. The van der Waals surface area contributed by atoms with Gasteiger partial charge in [-0.2, -0.15) is 0 Å². The first-order chi connectivity index (χ1) is 14.5.